The Bertz CT molecular complexity index is 1320. The first-order chi connectivity index (χ1) is 15.6. The monoisotopic (exact) mass is 431 g/mol. The molecule has 8 heteroatoms. The Hall–Kier alpha value is -4.33. The molecule has 0 spiro atoms. The normalized spacial score (nSPS) is 10.6. The summed E-state index contributed by atoms with van der Waals surface area (Å²) in [6.45, 7) is -0.202. The minimum atomic E-state index is -0.318. The van der Waals surface area contributed by atoms with E-state index >= 15 is 0 Å². The Labute approximate surface area is 183 Å². The molecule has 32 heavy (non-hydrogen) atoms. The summed E-state index contributed by atoms with van der Waals surface area (Å²) in [6, 6.07) is 19.2. The van der Waals surface area contributed by atoms with Crippen molar-refractivity contribution in [3.8, 4) is 28.6 Å². The largest absolute Gasteiger partial charge is 0.497 e. The maximum atomic E-state index is 12.4. The van der Waals surface area contributed by atoms with Crippen LogP contribution in [0, 0.1) is 0 Å². The maximum Gasteiger partial charge on any atom is 0.262 e. The standard InChI is InChI=1S/C24H21N3O5/c1-30-17-10-8-16(9-11-17)25-22(28)14-32-20-12-7-15(13-21(20)31-2)23-26-19-6-4-3-5-18(19)24(29)27-23/h3-13H,14H2,1-2H3,(H,25,28)(H,26,27,29). The average molecular weight is 431 g/mol. The minimum Gasteiger partial charge on any atom is -0.497 e. The Morgan fingerprint density at radius 2 is 1.75 bits per heavy atom. The molecule has 2 N–H and O–H groups in total. The molecular formula is C24H21N3O5. The topological polar surface area (TPSA) is 103 Å². The number of hydrogen-bond acceptors (Lipinski definition) is 6. The predicted octanol–water partition coefficient (Wildman–Crippen LogP) is 3.62. The van der Waals surface area contributed by atoms with Crippen LogP contribution in [0.25, 0.3) is 22.3 Å². The molecule has 0 unspecified atom stereocenters. The summed E-state index contributed by atoms with van der Waals surface area (Å²) in [5.74, 6) is 1.60. The first kappa shape index (κ1) is 20.9. The molecule has 4 rings (SSSR count). The molecule has 0 aliphatic heterocycles. The summed E-state index contributed by atoms with van der Waals surface area (Å²) in [5.41, 5.74) is 1.66. The van der Waals surface area contributed by atoms with Gasteiger partial charge in [0.2, 0.25) is 0 Å². The van der Waals surface area contributed by atoms with E-state index in [4.69, 9.17) is 14.2 Å². The lowest BCUT2D eigenvalue weighted by atomic mass is 10.1. The fraction of sp³-hybridized carbons (Fsp3) is 0.125. The molecule has 0 saturated carbocycles. The number of aromatic amines is 1. The number of rotatable bonds is 7. The van der Waals surface area contributed by atoms with Crippen LogP contribution >= 0.6 is 0 Å². The zero-order valence-electron chi connectivity index (χ0n) is 17.5. The Balaban J connectivity index is 1.49. The lowest BCUT2D eigenvalue weighted by Gasteiger charge is -2.12. The van der Waals surface area contributed by atoms with Gasteiger partial charge in [-0.15, -0.1) is 0 Å². The molecule has 1 heterocycles. The Morgan fingerprint density at radius 1 is 0.969 bits per heavy atom. The van der Waals surface area contributed by atoms with Crippen LogP contribution in [-0.4, -0.2) is 36.7 Å². The fourth-order valence-corrected chi connectivity index (χ4v) is 3.17. The second kappa shape index (κ2) is 9.22. The smallest absolute Gasteiger partial charge is 0.262 e. The predicted molar refractivity (Wildman–Crippen MR) is 121 cm³/mol. The van der Waals surface area contributed by atoms with E-state index in [9.17, 15) is 9.59 Å². The van der Waals surface area contributed by atoms with E-state index in [2.05, 4.69) is 15.3 Å². The SMILES string of the molecule is COc1ccc(NC(=O)COc2ccc(-c3nc4ccccc4c(=O)[nH]3)cc2OC)cc1. The van der Waals surface area contributed by atoms with Crippen molar-refractivity contribution < 1.29 is 19.0 Å². The van der Waals surface area contributed by atoms with Gasteiger partial charge in [0.1, 0.15) is 11.6 Å². The molecule has 162 valence electrons. The summed E-state index contributed by atoms with van der Waals surface area (Å²) < 4.78 is 16.1. The molecule has 0 radical (unpaired) electrons. The van der Waals surface area contributed by atoms with Crippen molar-refractivity contribution in [2.24, 2.45) is 0 Å². The second-order valence-electron chi connectivity index (χ2n) is 6.86. The quantitative estimate of drug-likeness (QED) is 0.463. The molecule has 0 aliphatic carbocycles. The number of anilines is 1. The van der Waals surface area contributed by atoms with Crippen LogP contribution in [0.1, 0.15) is 0 Å². The van der Waals surface area contributed by atoms with Gasteiger partial charge >= 0.3 is 0 Å². The van der Waals surface area contributed by atoms with Gasteiger partial charge in [-0.25, -0.2) is 4.98 Å². The zero-order valence-corrected chi connectivity index (χ0v) is 17.5. The van der Waals surface area contributed by atoms with Crippen molar-refractivity contribution in [3.05, 3.63) is 77.1 Å². The average Bonchev–Trinajstić information content (AvgIpc) is 2.83. The molecule has 0 saturated heterocycles. The van der Waals surface area contributed by atoms with Crippen molar-refractivity contribution in [3.63, 3.8) is 0 Å². The van der Waals surface area contributed by atoms with Crippen molar-refractivity contribution in [1.29, 1.82) is 0 Å². The third-order valence-corrected chi connectivity index (χ3v) is 4.78. The molecule has 0 atom stereocenters. The minimum absolute atomic E-state index is 0.202. The lowest BCUT2D eigenvalue weighted by molar-refractivity contribution is -0.118. The zero-order chi connectivity index (χ0) is 22.5. The Morgan fingerprint density at radius 3 is 2.50 bits per heavy atom. The van der Waals surface area contributed by atoms with Crippen LogP contribution in [0.4, 0.5) is 5.69 Å². The van der Waals surface area contributed by atoms with E-state index in [1.807, 2.05) is 6.07 Å². The first-order valence-corrected chi connectivity index (χ1v) is 9.81. The molecular weight excluding hydrogens is 410 g/mol. The highest BCUT2D eigenvalue weighted by Crippen LogP contribution is 2.31. The number of amides is 1. The van der Waals surface area contributed by atoms with Crippen LogP contribution in [0.5, 0.6) is 17.2 Å². The molecule has 0 bridgehead atoms. The number of carbonyl (C=O) groups excluding carboxylic acids is 1. The van der Waals surface area contributed by atoms with Gasteiger partial charge < -0.3 is 24.5 Å². The highest BCUT2D eigenvalue weighted by molar-refractivity contribution is 5.92. The van der Waals surface area contributed by atoms with Crippen molar-refractivity contribution in [1.82, 2.24) is 9.97 Å². The first-order valence-electron chi connectivity index (χ1n) is 9.81. The van der Waals surface area contributed by atoms with Gasteiger partial charge in [0.15, 0.2) is 18.1 Å². The Kier molecular flexibility index (Phi) is 6.03. The van der Waals surface area contributed by atoms with Gasteiger partial charge in [-0.3, -0.25) is 9.59 Å². The van der Waals surface area contributed by atoms with Crippen LogP contribution in [0.2, 0.25) is 0 Å². The van der Waals surface area contributed by atoms with Gasteiger partial charge in [-0.1, -0.05) is 12.1 Å². The van der Waals surface area contributed by atoms with Crippen LogP contribution in [0.3, 0.4) is 0 Å². The fourth-order valence-electron chi connectivity index (χ4n) is 3.17. The second-order valence-corrected chi connectivity index (χ2v) is 6.86. The van der Waals surface area contributed by atoms with E-state index < -0.39 is 0 Å². The van der Waals surface area contributed by atoms with Crippen molar-refractivity contribution >= 4 is 22.5 Å². The number of H-pyrrole nitrogens is 1. The summed E-state index contributed by atoms with van der Waals surface area (Å²) in [5, 5.41) is 3.27. The number of benzene rings is 3. The molecule has 4 aromatic rings. The lowest BCUT2D eigenvalue weighted by Crippen LogP contribution is -2.20. The highest BCUT2D eigenvalue weighted by Gasteiger charge is 2.12. The summed E-state index contributed by atoms with van der Waals surface area (Å²) in [4.78, 5) is 31.9. The van der Waals surface area contributed by atoms with E-state index in [-0.39, 0.29) is 18.1 Å². The van der Waals surface area contributed by atoms with Crippen LogP contribution in [0.15, 0.2) is 71.5 Å². The molecule has 1 aromatic heterocycles. The van der Waals surface area contributed by atoms with E-state index in [0.717, 1.165) is 0 Å². The number of nitrogens with one attached hydrogen (secondary N) is 2. The number of nitrogens with zero attached hydrogens (tertiary/aromatic N) is 1. The summed E-state index contributed by atoms with van der Waals surface area (Å²) in [6.07, 6.45) is 0. The van der Waals surface area contributed by atoms with Crippen LogP contribution in [-0.2, 0) is 4.79 Å². The van der Waals surface area contributed by atoms with E-state index in [1.165, 1.54) is 7.11 Å². The van der Waals surface area contributed by atoms with Gasteiger partial charge in [0, 0.05) is 11.3 Å². The number of aromatic nitrogens is 2. The molecule has 3 aromatic carbocycles. The maximum absolute atomic E-state index is 12.4. The number of carbonyl (C=O) groups is 1. The molecule has 8 nitrogen and oxygen atoms in total. The van der Waals surface area contributed by atoms with Gasteiger partial charge in [-0.2, -0.15) is 0 Å². The van der Waals surface area contributed by atoms with Gasteiger partial charge in [0.25, 0.3) is 11.5 Å². The highest BCUT2D eigenvalue weighted by atomic mass is 16.5. The molecule has 0 fully saturated rings. The van der Waals surface area contributed by atoms with Gasteiger partial charge in [0.05, 0.1) is 25.1 Å². The number of fused-ring (bicyclic) bond motifs is 1. The number of ether oxygens (including phenoxy) is 3. The van der Waals surface area contributed by atoms with Crippen molar-refractivity contribution in [2.75, 3.05) is 26.1 Å². The van der Waals surface area contributed by atoms with E-state index in [0.29, 0.717) is 45.2 Å². The summed E-state index contributed by atoms with van der Waals surface area (Å²) >= 11 is 0. The number of para-hydroxylation sites is 1. The van der Waals surface area contributed by atoms with Crippen LogP contribution < -0.4 is 25.1 Å². The van der Waals surface area contributed by atoms with Gasteiger partial charge in [-0.05, 0) is 54.6 Å². The summed E-state index contributed by atoms with van der Waals surface area (Å²) in [7, 11) is 3.08. The number of methoxy groups -OCH3 is 2. The molecule has 0 aliphatic rings. The third-order valence-electron chi connectivity index (χ3n) is 4.78. The molecule has 1 amide bonds. The van der Waals surface area contributed by atoms with E-state index in [1.54, 1.807) is 67.8 Å². The van der Waals surface area contributed by atoms with Crippen molar-refractivity contribution in [2.45, 2.75) is 0 Å². The number of hydrogen-bond donors (Lipinski definition) is 2. The third kappa shape index (κ3) is 4.54.